The van der Waals surface area contributed by atoms with Crippen LogP contribution in [-0.4, -0.2) is 22.6 Å². The van der Waals surface area contributed by atoms with Crippen molar-refractivity contribution in [3.63, 3.8) is 0 Å². The van der Waals surface area contributed by atoms with E-state index in [-0.39, 0.29) is 11.9 Å². The number of hydrogen-bond acceptors (Lipinski definition) is 5. The van der Waals surface area contributed by atoms with Crippen molar-refractivity contribution in [2.24, 2.45) is 0 Å². The third-order valence-electron chi connectivity index (χ3n) is 3.94. The van der Waals surface area contributed by atoms with E-state index in [1.165, 1.54) is 11.1 Å². The van der Waals surface area contributed by atoms with Crippen LogP contribution < -0.4 is 10.6 Å². The number of hydrogen-bond donors (Lipinski definition) is 2. The van der Waals surface area contributed by atoms with E-state index >= 15 is 0 Å². The van der Waals surface area contributed by atoms with Crippen molar-refractivity contribution >= 4 is 11.9 Å². The number of aromatic nitrogens is 2. The van der Waals surface area contributed by atoms with Crippen molar-refractivity contribution in [2.45, 2.75) is 31.7 Å². The monoisotopic (exact) mass is 284 g/mol. The first kappa shape index (κ1) is 12.5. The standard InChI is InChI=1S/C15H16N4O2/c20-13(17-15-19-18-14(21-15)10-2-3-10)11-4-1-9-5-6-16-8-12(9)7-11/h1,4,7,10,16H,2-3,5-6,8H2,(H,17,19,20). The molecule has 2 heterocycles. The second-order valence-corrected chi connectivity index (χ2v) is 5.58. The van der Waals surface area contributed by atoms with Crippen molar-refractivity contribution in [1.82, 2.24) is 15.5 Å². The van der Waals surface area contributed by atoms with E-state index in [4.69, 9.17) is 4.42 Å². The number of rotatable bonds is 3. The topological polar surface area (TPSA) is 80.1 Å². The average molecular weight is 284 g/mol. The summed E-state index contributed by atoms with van der Waals surface area (Å²) >= 11 is 0. The predicted molar refractivity (Wildman–Crippen MR) is 76.1 cm³/mol. The molecule has 1 aliphatic carbocycles. The first-order chi connectivity index (χ1) is 10.3. The van der Waals surface area contributed by atoms with E-state index in [0.29, 0.717) is 17.4 Å². The van der Waals surface area contributed by atoms with Crippen LogP contribution in [-0.2, 0) is 13.0 Å². The zero-order chi connectivity index (χ0) is 14.2. The molecule has 6 nitrogen and oxygen atoms in total. The van der Waals surface area contributed by atoms with Gasteiger partial charge in [0, 0.05) is 18.0 Å². The molecule has 1 amide bonds. The second kappa shape index (κ2) is 4.96. The van der Waals surface area contributed by atoms with Crippen LogP contribution >= 0.6 is 0 Å². The minimum absolute atomic E-state index is 0.178. The lowest BCUT2D eigenvalue weighted by Crippen LogP contribution is -2.24. The molecular formula is C15H16N4O2. The molecule has 1 aromatic heterocycles. The van der Waals surface area contributed by atoms with Gasteiger partial charge >= 0.3 is 6.01 Å². The van der Waals surface area contributed by atoms with E-state index in [1.54, 1.807) is 0 Å². The summed E-state index contributed by atoms with van der Waals surface area (Å²) in [5.74, 6) is 0.798. The van der Waals surface area contributed by atoms with E-state index < -0.39 is 0 Å². The highest BCUT2D eigenvalue weighted by molar-refractivity contribution is 6.03. The molecule has 2 aliphatic rings. The van der Waals surface area contributed by atoms with Gasteiger partial charge in [-0.05, 0) is 49.1 Å². The van der Waals surface area contributed by atoms with Gasteiger partial charge < -0.3 is 9.73 Å². The normalized spacial score (nSPS) is 17.3. The van der Waals surface area contributed by atoms with Crippen LogP contribution in [0.1, 0.15) is 46.1 Å². The molecule has 0 saturated heterocycles. The SMILES string of the molecule is O=C(Nc1nnc(C2CC2)o1)c1ccc2c(c1)CNCC2. The van der Waals surface area contributed by atoms with Crippen LogP contribution in [0.4, 0.5) is 6.01 Å². The van der Waals surface area contributed by atoms with Gasteiger partial charge in [-0.2, -0.15) is 0 Å². The van der Waals surface area contributed by atoms with Gasteiger partial charge in [-0.15, -0.1) is 5.10 Å². The Morgan fingerprint density at radius 2 is 2.19 bits per heavy atom. The molecule has 2 N–H and O–H groups in total. The van der Waals surface area contributed by atoms with Gasteiger partial charge in [0.1, 0.15) is 0 Å². The van der Waals surface area contributed by atoms with Gasteiger partial charge in [0.05, 0.1) is 0 Å². The molecule has 1 fully saturated rings. The fourth-order valence-corrected chi connectivity index (χ4v) is 2.57. The first-order valence-corrected chi connectivity index (χ1v) is 7.27. The highest BCUT2D eigenvalue weighted by Gasteiger charge is 2.29. The predicted octanol–water partition coefficient (Wildman–Crippen LogP) is 1.84. The molecular weight excluding hydrogens is 268 g/mol. The maximum absolute atomic E-state index is 12.2. The van der Waals surface area contributed by atoms with E-state index in [2.05, 4.69) is 20.8 Å². The van der Waals surface area contributed by atoms with Crippen LogP contribution in [0.25, 0.3) is 0 Å². The highest BCUT2D eigenvalue weighted by atomic mass is 16.4. The minimum atomic E-state index is -0.214. The van der Waals surface area contributed by atoms with Gasteiger partial charge in [-0.1, -0.05) is 11.2 Å². The number of anilines is 1. The largest absolute Gasteiger partial charge is 0.408 e. The third kappa shape index (κ3) is 2.54. The summed E-state index contributed by atoms with van der Waals surface area (Å²) in [5, 5.41) is 13.8. The van der Waals surface area contributed by atoms with Gasteiger partial charge in [0.2, 0.25) is 5.89 Å². The Balaban J connectivity index is 1.50. The lowest BCUT2D eigenvalue weighted by molar-refractivity contribution is 0.102. The lowest BCUT2D eigenvalue weighted by Gasteiger charge is -2.17. The summed E-state index contributed by atoms with van der Waals surface area (Å²) in [7, 11) is 0. The van der Waals surface area contributed by atoms with Gasteiger partial charge in [-0.3, -0.25) is 10.1 Å². The van der Waals surface area contributed by atoms with Gasteiger partial charge in [0.15, 0.2) is 0 Å². The number of carbonyl (C=O) groups is 1. The molecule has 0 unspecified atom stereocenters. The molecule has 1 aliphatic heterocycles. The molecule has 2 aromatic rings. The van der Waals surface area contributed by atoms with E-state index in [0.717, 1.165) is 32.4 Å². The zero-order valence-corrected chi connectivity index (χ0v) is 11.6. The lowest BCUT2D eigenvalue weighted by atomic mass is 9.98. The van der Waals surface area contributed by atoms with Crippen LogP contribution in [0, 0.1) is 0 Å². The Labute approximate surface area is 121 Å². The quantitative estimate of drug-likeness (QED) is 0.899. The molecule has 0 radical (unpaired) electrons. The fraction of sp³-hybridized carbons (Fsp3) is 0.400. The molecule has 4 rings (SSSR count). The maximum Gasteiger partial charge on any atom is 0.322 e. The number of benzene rings is 1. The summed E-state index contributed by atoms with van der Waals surface area (Å²) < 4.78 is 5.45. The molecule has 0 atom stereocenters. The summed E-state index contributed by atoms with van der Waals surface area (Å²) in [6.07, 6.45) is 3.19. The Bertz CT molecular complexity index is 691. The number of fused-ring (bicyclic) bond motifs is 1. The van der Waals surface area contributed by atoms with Crippen LogP contribution in [0.3, 0.4) is 0 Å². The molecule has 108 valence electrons. The molecule has 0 bridgehead atoms. The molecule has 21 heavy (non-hydrogen) atoms. The maximum atomic E-state index is 12.2. The zero-order valence-electron chi connectivity index (χ0n) is 11.6. The van der Waals surface area contributed by atoms with Crippen molar-refractivity contribution < 1.29 is 9.21 Å². The van der Waals surface area contributed by atoms with E-state index in [1.807, 2.05) is 18.2 Å². The minimum Gasteiger partial charge on any atom is -0.408 e. The Morgan fingerprint density at radius 1 is 1.29 bits per heavy atom. The van der Waals surface area contributed by atoms with Crippen molar-refractivity contribution in [1.29, 1.82) is 0 Å². The summed E-state index contributed by atoms with van der Waals surface area (Å²) in [5.41, 5.74) is 3.10. The third-order valence-corrected chi connectivity index (χ3v) is 3.94. The summed E-state index contributed by atoms with van der Waals surface area (Å²) in [6.45, 7) is 1.80. The summed E-state index contributed by atoms with van der Waals surface area (Å²) in [4.78, 5) is 12.2. The van der Waals surface area contributed by atoms with Crippen molar-refractivity contribution in [3.05, 3.63) is 40.8 Å². The van der Waals surface area contributed by atoms with Crippen molar-refractivity contribution in [3.8, 4) is 0 Å². The van der Waals surface area contributed by atoms with Gasteiger partial charge in [-0.25, -0.2) is 0 Å². The van der Waals surface area contributed by atoms with E-state index in [9.17, 15) is 4.79 Å². The fourth-order valence-electron chi connectivity index (χ4n) is 2.57. The molecule has 1 saturated carbocycles. The van der Waals surface area contributed by atoms with Crippen molar-refractivity contribution in [2.75, 3.05) is 11.9 Å². The average Bonchev–Trinajstić information content (AvgIpc) is 3.27. The number of nitrogens with one attached hydrogen (secondary N) is 2. The molecule has 1 aromatic carbocycles. The van der Waals surface area contributed by atoms with Crippen LogP contribution in [0.15, 0.2) is 22.6 Å². The van der Waals surface area contributed by atoms with Crippen LogP contribution in [0.5, 0.6) is 0 Å². The summed E-state index contributed by atoms with van der Waals surface area (Å²) in [6, 6.07) is 5.97. The Morgan fingerprint density at radius 3 is 3.05 bits per heavy atom. The van der Waals surface area contributed by atoms with Crippen LogP contribution in [0.2, 0.25) is 0 Å². The Kier molecular flexibility index (Phi) is 2.96. The number of amides is 1. The molecule has 0 spiro atoms. The number of carbonyl (C=O) groups excluding carboxylic acids is 1. The highest BCUT2D eigenvalue weighted by Crippen LogP contribution is 2.39. The first-order valence-electron chi connectivity index (χ1n) is 7.27. The second-order valence-electron chi connectivity index (χ2n) is 5.58. The van der Waals surface area contributed by atoms with Gasteiger partial charge in [0.25, 0.3) is 5.91 Å². The number of nitrogens with zero attached hydrogens (tertiary/aromatic N) is 2. The Hall–Kier alpha value is -2.21. The molecule has 6 heteroatoms. The smallest absolute Gasteiger partial charge is 0.322 e.